The number of rotatable bonds is 70. The van der Waals surface area contributed by atoms with Gasteiger partial charge in [0.05, 0.1) is 25.4 Å². The molecule has 9 nitrogen and oxygen atoms in total. The van der Waals surface area contributed by atoms with E-state index in [1.807, 2.05) is 6.08 Å². The summed E-state index contributed by atoms with van der Waals surface area (Å²) in [5.74, 6) is -0.166. The zero-order chi connectivity index (χ0) is 62.1. The number of carbonyl (C=O) groups excluding carboxylic acids is 1. The molecule has 1 rings (SSSR count). The van der Waals surface area contributed by atoms with Crippen molar-refractivity contribution in [3.8, 4) is 0 Å². The van der Waals surface area contributed by atoms with Gasteiger partial charge < -0.3 is 40.3 Å². The number of unbranched alkanes of at least 4 members (excludes halogenated alkanes) is 60. The van der Waals surface area contributed by atoms with Gasteiger partial charge >= 0.3 is 0 Å². The Labute approximate surface area is 535 Å². The predicted octanol–water partition coefficient (Wildman–Crippen LogP) is 21.8. The van der Waals surface area contributed by atoms with Crippen LogP contribution < -0.4 is 5.32 Å². The van der Waals surface area contributed by atoms with Gasteiger partial charge in [0.15, 0.2) is 6.29 Å². The molecule has 0 aliphatic carbocycles. The molecular formula is C77H151NO8. The lowest BCUT2D eigenvalue weighted by molar-refractivity contribution is -0.302. The largest absolute Gasteiger partial charge is 0.394 e. The summed E-state index contributed by atoms with van der Waals surface area (Å²) in [6.07, 6.45) is 80.8. The van der Waals surface area contributed by atoms with Crippen LogP contribution in [0.5, 0.6) is 0 Å². The third kappa shape index (κ3) is 54.6. The summed E-state index contributed by atoms with van der Waals surface area (Å²) in [7, 11) is 0. The van der Waals surface area contributed by atoms with Crippen LogP contribution in [0.25, 0.3) is 0 Å². The lowest BCUT2D eigenvalue weighted by atomic mass is 9.99. The average molecular weight is 1220 g/mol. The van der Waals surface area contributed by atoms with E-state index in [1.54, 1.807) is 6.08 Å². The molecule has 0 aromatic carbocycles. The van der Waals surface area contributed by atoms with Gasteiger partial charge in [0.2, 0.25) is 5.91 Å². The molecule has 86 heavy (non-hydrogen) atoms. The van der Waals surface area contributed by atoms with Crippen LogP contribution in [0.15, 0.2) is 12.2 Å². The summed E-state index contributed by atoms with van der Waals surface area (Å²) in [6.45, 7) is 3.85. The molecule has 0 aromatic heterocycles. The molecule has 512 valence electrons. The maximum atomic E-state index is 13.2. The molecule has 0 bridgehead atoms. The fourth-order valence-electron chi connectivity index (χ4n) is 13.0. The van der Waals surface area contributed by atoms with E-state index in [0.29, 0.717) is 6.42 Å². The van der Waals surface area contributed by atoms with Crippen molar-refractivity contribution < 1.29 is 39.8 Å². The van der Waals surface area contributed by atoms with E-state index in [1.165, 1.54) is 360 Å². The van der Waals surface area contributed by atoms with Crippen molar-refractivity contribution in [2.75, 3.05) is 13.2 Å². The standard InChI is InChI=1S/C77H151NO8/c1-3-5-7-9-11-13-15-17-19-21-23-25-27-29-30-31-32-33-34-35-36-37-38-39-40-41-43-45-47-49-51-53-55-57-59-61-63-65-67-73(81)78-70(69-85-77-76(84)75(83)74(82)72(68-79)86-77)71(80)66-64-62-60-58-56-54-52-50-48-46-44-42-28-26-24-22-20-18-16-14-12-10-8-6-4-2/h64,66,70-72,74-77,79-80,82-84H,3-63,65,67-69H2,1-2H3,(H,78,81)/b66-64+. The van der Waals surface area contributed by atoms with Crippen LogP contribution in [0.3, 0.4) is 0 Å². The van der Waals surface area contributed by atoms with E-state index in [4.69, 9.17) is 9.47 Å². The number of amides is 1. The quantitative estimate of drug-likeness (QED) is 0.0261. The Morgan fingerprint density at radius 1 is 0.384 bits per heavy atom. The predicted molar refractivity (Wildman–Crippen MR) is 369 cm³/mol. The lowest BCUT2D eigenvalue weighted by Crippen LogP contribution is -2.60. The van der Waals surface area contributed by atoms with Crippen LogP contribution in [0.1, 0.15) is 418 Å². The van der Waals surface area contributed by atoms with Gasteiger partial charge in [-0.15, -0.1) is 0 Å². The van der Waals surface area contributed by atoms with Gasteiger partial charge in [0, 0.05) is 6.42 Å². The minimum absolute atomic E-state index is 0.166. The topological polar surface area (TPSA) is 149 Å². The van der Waals surface area contributed by atoms with Crippen molar-refractivity contribution in [1.82, 2.24) is 5.32 Å². The Hall–Kier alpha value is -1.07. The Balaban J connectivity index is 2.04. The minimum Gasteiger partial charge on any atom is -0.394 e. The minimum atomic E-state index is -1.56. The zero-order valence-corrected chi connectivity index (χ0v) is 57.6. The molecule has 9 heteroatoms. The molecule has 1 fully saturated rings. The Kier molecular flexibility index (Phi) is 64.5. The molecule has 1 heterocycles. The second-order valence-electron chi connectivity index (χ2n) is 27.5. The van der Waals surface area contributed by atoms with Crippen molar-refractivity contribution in [3.63, 3.8) is 0 Å². The van der Waals surface area contributed by atoms with Crippen LogP contribution >= 0.6 is 0 Å². The lowest BCUT2D eigenvalue weighted by Gasteiger charge is -2.40. The molecule has 0 spiro atoms. The summed E-state index contributed by atoms with van der Waals surface area (Å²) >= 11 is 0. The van der Waals surface area contributed by atoms with Gasteiger partial charge in [-0.1, -0.05) is 405 Å². The molecule has 0 saturated carbocycles. The maximum absolute atomic E-state index is 13.2. The van der Waals surface area contributed by atoms with Crippen LogP contribution in [-0.4, -0.2) is 87.5 Å². The Morgan fingerprint density at radius 2 is 0.640 bits per heavy atom. The number of aliphatic hydroxyl groups is 5. The number of nitrogens with one attached hydrogen (secondary N) is 1. The van der Waals surface area contributed by atoms with Crippen LogP contribution in [0.2, 0.25) is 0 Å². The molecule has 1 aliphatic heterocycles. The number of allylic oxidation sites excluding steroid dienone is 1. The highest BCUT2D eigenvalue weighted by Gasteiger charge is 2.44. The first-order valence-electron chi connectivity index (χ1n) is 38.9. The van der Waals surface area contributed by atoms with Gasteiger partial charge in [-0.25, -0.2) is 0 Å². The third-order valence-electron chi connectivity index (χ3n) is 19.1. The van der Waals surface area contributed by atoms with Gasteiger partial charge in [0.25, 0.3) is 0 Å². The van der Waals surface area contributed by atoms with Crippen LogP contribution in [0.4, 0.5) is 0 Å². The first kappa shape index (κ1) is 82.9. The van der Waals surface area contributed by atoms with Crippen LogP contribution in [0, 0.1) is 0 Å². The molecule has 7 unspecified atom stereocenters. The number of carbonyl (C=O) groups is 1. The fraction of sp³-hybridized carbons (Fsp3) is 0.961. The van der Waals surface area contributed by atoms with E-state index in [-0.39, 0.29) is 12.5 Å². The number of hydrogen-bond acceptors (Lipinski definition) is 8. The number of hydrogen-bond donors (Lipinski definition) is 6. The van der Waals surface area contributed by atoms with Crippen molar-refractivity contribution in [2.45, 2.75) is 461 Å². The van der Waals surface area contributed by atoms with Gasteiger partial charge in [-0.05, 0) is 19.3 Å². The fourth-order valence-corrected chi connectivity index (χ4v) is 13.0. The smallest absolute Gasteiger partial charge is 0.220 e. The molecule has 1 saturated heterocycles. The maximum Gasteiger partial charge on any atom is 0.220 e. The van der Waals surface area contributed by atoms with Crippen molar-refractivity contribution in [1.29, 1.82) is 0 Å². The zero-order valence-electron chi connectivity index (χ0n) is 57.6. The Bertz CT molecular complexity index is 1360. The van der Waals surface area contributed by atoms with Gasteiger partial charge in [0.1, 0.15) is 24.4 Å². The summed E-state index contributed by atoms with van der Waals surface area (Å²) in [6, 6.07) is -0.803. The monoisotopic (exact) mass is 1220 g/mol. The highest BCUT2D eigenvalue weighted by atomic mass is 16.7. The molecule has 1 aliphatic rings. The molecule has 7 atom stereocenters. The summed E-state index contributed by atoms with van der Waals surface area (Å²) in [4.78, 5) is 13.2. The SMILES string of the molecule is CCCCCCCCCCCCCCCCCCCCCCCCC/C=C/C(O)C(COC1OC(CO)C(O)C(O)C1O)NC(=O)CCCCCCCCCCCCCCCCCCCCCCCCCCCCCCCCCCCCCCCC. The number of ether oxygens (including phenoxy) is 2. The molecule has 0 aromatic rings. The summed E-state index contributed by atoms with van der Waals surface area (Å²) in [5.41, 5.74) is 0. The third-order valence-corrected chi connectivity index (χ3v) is 19.1. The second kappa shape index (κ2) is 66.8. The molecule has 0 radical (unpaired) electrons. The summed E-state index contributed by atoms with van der Waals surface area (Å²) in [5, 5.41) is 54.9. The van der Waals surface area contributed by atoms with Crippen LogP contribution in [-0.2, 0) is 14.3 Å². The van der Waals surface area contributed by atoms with Crippen molar-refractivity contribution in [3.05, 3.63) is 12.2 Å². The highest BCUT2D eigenvalue weighted by Crippen LogP contribution is 2.24. The van der Waals surface area contributed by atoms with E-state index in [9.17, 15) is 30.3 Å². The van der Waals surface area contributed by atoms with E-state index in [0.717, 1.165) is 38.5 Å². The number of aliphatic hydroxyl groups excluding tert-OH is 5. The summed E-state index contributed by atoms with van der Waals surface area (Å²) < 4.78 is 11.3. The first-order valence-corrected chi connectivity index (χ1v) is 38.9. The second-order valence-corrected chi connectivity index (χ2v) is 27.5. The van der Waals surface area contributed by atoms with E-state index in [2.05, 4.69) is 19.2 Å². The normalized spacial score (nSPS) is 18.0. The first-order chi connectivity index (χ1) is 42.3. The average Bonchev–Trinajstić information content (AvgIpc) is 3.24. The van der Waals surface area contributed by atoms with E-state index >= 15 is 0 Å². The Morgan fingerprint density at radius 3 is 0.907 bits per heavy atom. The molecule has 6 N–H and O–H groups in total. The van der Waals surface area contributed by atoms with Crippen molar-refractivity contribution >= 4 is 5.91 Å². The molecular weight excluding hydrogens is 1070 g/mol. The van der Waals surface area contributed by atoms with E-state index < -0.39 is 49.5 Å². The van der Waals surface area contributed by atoms with Gasteiger partial charge in [-0.3, -0.25) is 4.79 Å². The van der Waals surface area contributed by atoms with Gasteiger partial charge in [-0.2, -0.15) is 0 Å². The molecule has 1 amide bonds. The highest BCUT2D eigenvalue weighted by molar-refractivity contribution is 5.76. The van der Waals surface area contributed by atoms with Crippen molar-refractivity contribution in [2.24, 2.45) is 0 Å².